The summed E-state index contributed by atoms with van der Waals surface area (Å²) in [5, 5.41) is 12.6. The smallest absolute Gasteiger partial charge is 0.142 e. The average Bonchev–Trinajstić information content (AvgIpc) is 2.60. The number of nitrogens with zero attached hydrogens (tertiary/aromatic N) is 1. The maximum atomic E-state index is 9.18. The molecule has 0 atom stereocenters. The summed E-state index contributed by atoms with van der Waals surface area (Å²) < 4.78 is 5.53. The van der Waals surface area contributed by atoms with E-state index in [0.717, 1.165) is 31.1 Å². The molecule has 0 aliphatic heterocycles. The number of likely N-dealkylation sites (N-methyl/N-ethyl adjacent to an activating group) is 1. The average molecular weight is 314 g/mol. The molecule has 2 aromatic rings. The minimum atomic E-state index is 0.136. The summed E-state index contributed by atoms with van der Waals surface area (Å²) in [6.45, 7) is 5.29. The summed E-state index contributed by atoms with van der Waals surface area (Å²) in [7, 11) is 1.69. The lowest BCUT2D eigenvalue weighted by molar-refractivity contribution is 0.302. The Kier molecular flexibility index (Phi) is 6.91. The van der Waals surface area contributed by atoms with Gasteiger partial charge in [0, 0.05) is 26.2 Å². The van der Waals surface area contributed by atoms with Crippen LogP contribution in [-0.4, -0.2) is 31.9 Å². The second kappa shape index (κ2) is 9.18. The van der Waals surface area contributed by atoms with E-state index >= 15 is 0 Å². The van der Waals surface area contributed by atoms with E-state index in [1.54, 1.807) is 7.11 Å². The van der Waals surface area contributed by atoms with Crippen molar-refractivity contribution >= 4 is 5.69 Å². The van der Waals surface area contributed by atoms with Crippen LogP contribution in [-0.2, 0) is 13.1 Å². The van der Waals surface area contributed by atoms with Crippen LogP contribution in [0.25, 0.3) is 0 Å². The second-order valence-corrected chi connectivity index (χ2v) is 5.40. The van der Waals surface area contributed by atoms with Gasteiger partial charge >= 0.3 is 0 Å². The van der Waals surface area contributed by atoms with Crippen LogP contribution in [0.1, 0.15) is 18.1 Å². The van der Waals surface area contributed by atoms with E-state index in [2.05, 4.69) is 59.6 Å². The Bertz CT molecular complexity index is 587. The van der Waals surface area contributed by atoms with Gasteiger partial charge in [0.15, 0.2) is 0 Å². The van der Waals surface area contributed by atoms with Crippen molar-refractivity contribution in [2.75, 3.05) is 31.7 Å². The van der Waals surface area contributed by atoms with Gasteiger partial charge in [-0.25, -0.2) is 0 Å². The van der Waals surface area contributed by atoms with E-state index in [1.165, 1.54) is 11.1 Å². The first kappa shape index (κ1) is 17.3. The summed E-state index contributed by atoms with van der Waals surface area (Å²) in [5.74, 6) is 0.847. The Labute approximate surface area is 138 Å². The van der Waals surface area contributed by atoms with Crippen LogP contribution in [0.2, 0.25) is 0 Å². The van der Waals surface area contributed by atoms with E-state index in [0.29, 0.717) is 6.54 Å². The van der Waals surface area contributed by atoms with Crippen molar-refractivity contribution in [2.45, 2.75) is 20.0 Å². The Morgan fingerprint density at radius 1 is 1.04 bits per heavy atom. The van der Waals surface area contributed by atoms with E-state index < -0.39 is 0 Å². The lowest BCUT2D eigenvalue weighted by Crippen LogP contribution is -2.26. The molecule has 0 heterocycles. The molecule has 4 nitrogen and oxygen atoms in total. The third-order valence-corrected chi connectivity index (χ3v) is 3.84. The third kappa shape index (κ3) is 4.98. The molecule has 0 aliphatic carbocycles. The molecule has 0 spiro atoms. The number of hydrogen-bond acceptors (Lipinski definition) is 4. The fourth-order valence-electron chi connectivity index (χ4n) is 2.61. The highest BCUT2D eigenvalue weighted by Gasteiger charge is 2.10. The fourth-order valence-corrected chi connectivity index (χ4v) is 2.61. The summed E-state index contributed by atoms with van der Waals surface area (Å²) >= 11 is 0. The minimum Gasteiger partial charge on any atom is -0.495 e. The van der Waals surface area contributed by atoms with Gasteiger partial charge in [0.05, 0.1) is 19.4 Å². The van der Waals surface area contributed by atoms with Gasteiger partial charge < -0.3 is 20.1 Å². The molecule has 124 valence electrons. The van der Waals surface area contributed by atoms with Gasteiger partial charge in [0.2, 0.25) is 0 Å². The number of rotatable bonds is 9. The largest absolute Gasteiger partial charge is 0.495 e. The van der Waals surface area contributed by atoms with E-state index in [-0.39, 0.29) is 6.61 Å². The Morgan fingerprint density at radius 3 is 2.43 bits per heavy atom. The molecule has 4 heteroatoms. The van der Waals surface area contributed by atoms with Crippen LogP contribution in [0.5, 0.6) is 5.75 Å². The lowest BCUT2D eigenvalue weighted by atomic mass is 10.1. The van der Waals surface area contributed by atoms with Crippen LogP contribution in [0.3, 0.4) is 0 Å². The normalized spacial score (nSPS) is 10.6. The van der Waals surface area contributed by atoms with Gasteiger partial charge in [-0.3, -0.25) is 0 Å². The van der Waals surface area contributed by atoms with Crippen molar-refractivity contribution in [3.05, 3.63) is 59.7 Å². The maximum Gasteiger partial charge on any atom is 0.142 e. The monoisotopic (exact) mass is 314 g/mol. The number of methoxy groups -OCH3 is 1. The highest BCUT2D eigenvalue weighted by Crippen LogP contribution is 2.29. The van der Waals surface area contributed by atoms with Crippen molar-refractivity contribution in [2.24, 2.45) is 0 Å². The summed E-state index contributed by atoms with van der Waals surface area (Å²) in [4.78, 5) is 2.11. The first-order valence-corrected chi connectivity index (χ1v) is 8.05. The Morgan fingerprint density at radius 2 is 1.78 bits per heavy atom. The predicted octanol–water partition coefficient (Wildman–Crippen LogP) is 2.80. The van der Waals surface area contributed by atoms with Gasteiger partial charge in [-0.15, -0.1) is 0 Å². The van der Waals surface area contributed by atoms with Crippen molar-refractivity contribution in [1.82, 2.24) is 5.32 Å². The molecule has 2 rings (SSSR count). The van der Waals surface area contributed by atoms with Crippen molar-refractivity contribution in [3.8, 4) is 5.75 Å². The topological polar surface area (TPSA) is 44.7 Å². The molecule has 0 amide bonds. The SMILES string of the molecule is CCN(CCO)c1ccc(CNCc2ccccc2)cc1OC. The summed E-state index contributed by atoms with van der Waals surface area (Å²) in [5.41, 5.74) is 3.48. The van der Waals surface area contributed by atoms with Gasteiger partial charge in [-0.1, -0.05) is 36.4 Å². The highest BCUT2D eigenvalue weighted by molar-refractivity contribution is 5.59. The van der Waals surface area contributed by atoms with Crippen LogP contribution < -0.4 is 15.0 Å². The standard InChI is InChI=1S/C19H26N2O2/c1-3-21(11-12-22)18-10-9-17(13-19(18)23-2)15-20-14-16-7-5-4-6-8-16/h4-10,13,20,22H,3,11-12,14-15H2,1-2H3. The number of benzene rings is 2. The van der Waals surface area contributed by atoms with Crippen LogP contribution in [0.15, 0.2) is 48.5 Å². The van der Waals surface area contributed by atoms with Gasteiger partial charge in [0.25, 0.3) is 0 Å². The molecule has 0 aromatic heterocycles. The zero-order valence-corrected chi connectivity index (χ0v) is 14.0. The van der Waals surface area contributed by atoms with Gasteiger partial charge in [0.1, 0.15) is 5.75 Å². The molecule has 0 aliphatic rings. The Balaban J connectivity index is 2.00. The van der Waals surface area contributed by atoms with Crippen molar-refractivity contribution < 1.29 is 9.84 Å². The molecule has 0 saturated heterocycles. The maximum absolute atomic E-state index is 9.18. The number of ether oxygens (including phenoxy) is 1. The molecule has 0 radical (unpaired) electrons. The molecule has 2 aromatic carbocycles. The third-order valence-electron chi connectivity index (χ3n) is 3.84. The number of aliphatic hydroxyl groups is 1. The first-order chi connectivity index (χ1) is 11.3. The Hall–Kier alpha value is -2.04. The molecule has 23 heavy (non-hydrogen) atoms. The highest BCUT2D eigenvalue weighted by atomic mass is 16.5. The van der Waals surface area contributed by atoms with Crippen molar-refractivity contribution in [1.29, 1.82) is 0 Å². The molecule has 2 N–H and O–H groups in total. The molecular weight excluding hydrogens is 288 g/mol. The fraction of sp³-hybridized carbons (Fsp3) is 0.368. The van der Waals surface area contributed by atoms with Crippen LogP contribution in [0.4, 0.5) is 5.69 Å². The summed E-state index contributed by atoms with van der Waals surface area (Å²) in [6, 6.07) is 16.6. The van der Waals surface area contributed by atoms with Gasteiger partial charge in [-0.2, -0.15) is 0 Å². The quantitative estimate of drug-likeness (QED) is 0.747. The van der Waals surface area contributed by atoms with E-state index in [4.69, 9.17) is 4.74 Å². The molecule has 0 unspecified atom stereocenters. The minimum absolute atomic E-state index is 0.136. The van der Waals surface area contributed by atoms with Crippen LogP contribution >= 0.6 is 0 Å². The summed E-state index contributed by atoms with van der Waals surface area (Å²) in [6.07, 6.45) is 0. The lowest BCUT2D eigenvalue weighted by Gasteiger charge is -2.24. The molecule has 0 bridgehead atoms. The van der Waals surface area contributed by atoms with Gasteiger partial charge in [-0.05, 0) is 30.2 Å². The first-order valence-electron chi connectivity index (χ1n) is 8.05. The zero-order chi connectivity index (χ0) is 16.5. The second-order valence-electron chi connectivity index (χ2n) is 5.40. The number of nitrogens with one attached hydrogen (secondary N) is 1. The number of hydrogen-bond donors (Lipinski definition) is 2. The van der Waals surface area contributed by atoms with Crippen LogP contribution in [0, 0.1) is 0 Å². The molecule has 0 fully saturated rings. The molecule has 0 saturated carbocycles. The van der Waals surface area contributed by atoms with E-state index in [1.807, 2.05) is 6.07 Å². The molecular formula is C19H26N2O2. The number of aliphatic hydroxyl groups excluding tert-OH is 1. The zero-order valence-electron chi connectivity index (χ0n) is 14.0. The number of anilines is 1. The van der Waals surface area contributed by atoms with E-state index in [9.17, 15) is 5.11 Å². The van der Waals surface area contributed by atoms with Crippen molar-refractivity contribution in [3.63, 3.8) is 0 Å². The predicted molar refractivity (Wildman–Crippen MR) is 95.0 cm³/mol.